The van der Waals surface area contributed by atoms with Gasteiger partial charge in [0.2, 0.25) is 0 Å². The fourth-order valence-electron chi connectivity index (χ4n) is 1.52. The maximum atomic E-state index is 12.2. The second-order valence-corrected chi connectivity index (χ2v) is 7.97. The summed E-state index contributed by atoms with van der Waals surface area (Å²) >= 11 is 5.88. The highest BCUT2D eigenvalue weighted by Gasteiger charge is 2.17. The molecule has 1 unspecified atom stereocenters. The van der Waals surface area contributed by atoms with Gasteiger partial charge in [-0.25, -0.2) is 0 Å². The van der Waals surface area contributed by atoms with Crippen LogP contribution in [0.5, 0.6) is 0 Å². The molecule has 0 fully saturated rings. The first-order valence-corrected chi connectivity index (χ1v) is 9.11. The molecule has 7 heteroatoms. The number of rotatable bonds is 3. The Balaban J connectivity index is 2.43. The topological polar surface area (TPSA) is 59.4 Å². The van der Waals surface area contributed by atoms with Gasteiger partial charge in [0, 0.05) is 17.3 Å². The van der Waals surface area contributed by atoms with Crippen molar-refractivity contribution in [3.8, 4) is 0 Å². The first-order chi connectivity index (χ1) is 9.40. The van der Waals surface area contributed by atoms with Crippen LogP contribution in [0.3, 0.4) is 0 Å². The molecule has 1 aromatic heterocycles. The molecule has 0 saturated carbocycles. The van der Waals surface area contributed by atoms with E-state index in [0.717, 1.165) is 10.5 Å². The number of hydrogen-bond donors (Lipinski definition) is 0. The van der Waals surface area contributed by atoms with Crippen LogP contribution in [-0.4, -0.2) is 19.7 Å². The molecule has 1 heterocycles. The van der Waals surface area contributed by atoms with Gasteiger partial charge in [0.1, 0.15) is 4.90 Å². The summed E-state index contributed by atoms with van der Waals surface area (Å²) in [6.07, 6.45) is 4.41. The minimum absolute atomic E-state index is 0.0619. The summed E-state index contributed by atoms with van der Waals surface area (Å²) in [6.45, 7) is 1.97. The second kappa shape index (κ2) is 6.03. The summed E-state index contributed by atoms with van der Waals surface area (Å²) in [7, 11) is -4.57. The molecule has 1 atom stereocenters. The zero-order valence-corrected chi connectivity index (χ0v) is 13.3. The van der Waals surface area contributed by atoms with Crippen LogP contribution in [0.1, 0.15) is 5.56 Å². The third kappa shape index (κ3) is 3.45. The monoisotopic (exact) mass is 328 g/mol. The Kier molecular flexibility index (Phi) is 4.57. The zero-order valence-electron chi connectivity index (χ0n) is 10.9. The normalized spacial score (nSPS) is 13.3. The largest absolute Gasteiger partial charge is 0.291 e. The van der Waals surface area contributed by atoms with Gasteiger partial charge in [0.05, 0.1) is 5.02 Å². The second-order valence-electron chi connectivity index (χ2n) is 4.15. The predicted octanol–water partition coefficient (Wildman–Crippen LogP) is 3.22. The summed E-state index contributed by atoms with van der Waals surface area (Å²) in [5, 5.41) is 0.129. The lowest BCUT2D eigenvalue weighted by Crippen LogP contribution is -2.01. The molecule has 20 heavy (non-hydrogen) atoms. The molecular formula is C13H13ClN2O2S2. The Morgan fingerprint density at radius 1 is 1.20 bits per heavy atom. The van der Waals surface area contributed by atoms with E-state index < -0.39 is 20.7 Å². The average molecular weight is 329 g/mol. The maximum Gasteiger partial charge on any atom is 0.291 e. The Morgan fingerprint density at radius 2 is 1.85 bits per heavy atom. The van der Waals surface area contributed by atoms with E-state index >= 15 is 0 Å². The van der Waals surface area contributed by atoms with Gasteiger partial charge in [-0.1, -0.05) is 40.0 Å². The summed E-state index contributed by atoms with van der Waals surface area (Å²) in [6, 6.07) is 9.05. The Hall–Kier alpha value is -1.24. The molecule has 0 aliphatic rings. The Morgan fingerprint density at radius 3 is 2.45 bits per heavy atom. The van der Waals surface area contributed by atoms with Crippen molar-refractivity contribution in [3.63, 3.8) is 0 Å². The zero-order chi connectivity index (χ0) is 14.8. The molecule has 0 bridgehead atoms. The van der Waals surface area contributed by atoms with Crippen molar-refractivity contribution >= 4 is 32.3 Å². The van der Waals surface area contributed by atoms with Gasteiger partial charge >= 0.3 is 0 Å². The summed E-state index contributed by atoms with van der Waals surface area (Å²) in [5.41, 5.74) is 1.11. The van der Waals surface area contributed by atoms with Gasteiger partial charge in [-0.05, 0) is 31.4 Å². The van der Waals surface area contributed by atoms with Crippen molar-refractivity contribution < 1.29 is 8.42 Å². The lowest BCUT2D eigenvalue weighted by Gasteiger charge is -2.05. The number of nitrogens with zero attached hydrogens (tertiary/aromatic N) is 2. The van der Waals surface area contributed by atoms with Gasteiger partial charge in [-0.3, -0.25) is 4.98 Å². The number of hydrogen-bond acceptors (Lipinski definition) is 3. The minimum Gasteiger partial charge on any atom is -0.263 e. The van der Waals surface area contributed by atoms with Crippen LogP contribution in [0.25, 0.3) is 0 Å². The van der Waals surface area contributed by atoms with Crippen molar-refractivity contribution in [2.24, 2.45) is 3.77 Å². The number of pyridine rings is 1. The van der Waals surface area contributed by atoms with Crippen LogP contribution in [0.4, 0.5) is 0 Å². The first kappa shape index (κ1) is 15.2. The first-order valence-electron chi connectivity index (χ1n) is 5.70. The van der Waals surface area contributed by atoms with E-state index in [1.807, 2.05) is 31.2 Å². The summed E-state index contributed by atoms with van der Waals surface area (Å²) in [4.78, 5) is 4.58. The number of halogens is 1. The Labute approximate surface area is 126 Å². The van der Waals surface area contributed by atoms with Crippen LogP contribution in [-0.2, 0) is 20.7 Å². The Bertz CT molecular complexity index is 756. The lowest BCUT2D eigenvalue weighted by atomic mass is 10.2. The van der Waals surface area contributed by atoms with Crippen LogP contribution >= 0.6 is 11.6 Å². The molecule has 2 aromatic rings. The molecule has 0 spiro atoms. The molecule has 0 saturated heterocycles. The molecule has 2 rings (SSSR count). The number of sulfonamides is 1. The van der Waals surface area contributed by atoms with E-state index in [4.69, 9.17) is 11.6 Å². The molecule has 0 radical (unpaired) electrons. The molecule has 106 valence electrons. The van der Waals surface area contributed by atoms with Gasteiger partial charge in [0.25, 0.3) is 10.0 Å². The molecule has 1 aromatic carbocycles. The van der Waals surface area contributed by atoms with E-state index in [-0.39, 0.29) is 9.92 Å². The molecule has 0 aliphatic carbocycles. The van der Waals surface area contributed by atoms with E-state index in [9.17, 15) is 8.42 Å². The van der Waals surface area contributed by atoms with E-state index in [1.54, 1.807) is 6.26 Å². The van der Waals surface area contributed by atoms with Crippen molar-refractivity contribution in [2.75, 3.05) is 6.26 Å². The van der Waals surface area contributed by atoms with Crippen LogP contribution in [0.2, 0.25) is 5.02 Å². The van der Waals surface area contributed by atoms with Gasteiger partial charge in [0.15, 0.2) is 0 Å². The smallest absolute Gasteiger partial charge is 0.263 e. The van der Waals surface area contributed by atoms with Crippen molar-refractivity contribution in [2.45, 2.75) is 16.7 Å². The lowest BCUT2D eigenvalue weighted by molar-refractivity contribution is 0.598. The van der Waals surface area contributed by atoms with Crippen LogP contribution in [0.15, 0.2) is 56.3 Å². The summed E-state index contributed by atoms with van der Waals surface area (Å²) in [5.74, 6) is 0. The number of benzene rings is 1. The van der Waals surface area contributed by atoms with Gasteiger partial charge in [-0.15, -0.1) is 3.77 Å². The van der Waals surface area contributed by atoms with E-state index in [1.165, 1.54) is 18.5 Å². The van der Waals surface area contributed by atoms with E-state index in [0.29, 0.717) is 0 Å². The molecule has 0 aliphatic heterocycles. The van der Waals surface area contributed by atoms with Gasteiger partial charge in [-0.2, -0.15) is 8.42 Å². The maximum absolute atomic E-state index is 12.2. The highest BCUT2D eigenvalue weighted by atomic mass is 35.5. The minimum atomic E-state index is -3.81. The van der Waals surface area contributed by atoms with Crippen molar-refractivity contribution in [1.29, 1.82) is 0 Å². The molecule has 4 nitrogen and oxygen atoms in total. The van der Waals surface area contributed by atoms with Gasteiger partial charge < -0.3 is 0 Å². The number of aryl methyl sites for hydroxylation is 1. The van der Waals surface area contributed by atoms with Crippen molar-refractivity contribution in [3.05, 3.63) is 53.3 Å². The quantitative estimate of drug-likeness (QED) is 0.869. The molecule has 0 N–H and O–H groups in total. The summed E-state index contributed by atoms with van der Waals surface area (Å²) < 4.78 is 28.4. The van der Waals surface area contributed by atoms with Crippen molar-refractivity contribution in [1.82, 2.24) is 4.98 Å². The standard InChI is InChI=1S/C13H13ClN2O2S2/c1-10-3-5-11(6-4-10)19(2)16-20(17,18)13-9-15-8-7-12(13)14/h3-9H,1-2H3. The average Bonchev–Trinajstić information content (AvgIpc) is 2.39. The fourth-order valence-corrected chi connectivity index (χ4v) is 4.80. The van der Waals surface area contributed by atoms with Crippen LogP contribution < -0.4 is 0 Å². The van der Waals surface area contributed by atoms with E-state index in [2.05, 4.69) is 8.75 Å². The number of aromatic nitrogens is 1. The molecular weight excluding hydrogens is 316 g/mol. The van der Waals surface area contributed by atoms with Crippen LogP contribution in [0, 0.1) is 6.92 Å². The SMILES string of the molecule is Cc1ccc(S(C)=NS(=O)(=O)c2cnccc2Cl)cc1. The third-order valence-corrected chi connectivity index (χ3v) is 6.54. The fraction of sp³-hybridized carbons (Fsp3) is 0.154. The molecule has 0 amide bonds. The highest BCUT2D eigenvalue weighted by Crippen LogP contribution is 2.22. The highest BCUT2D eigenvalue weighted by molar-refractivity contribution is 8.00. The third-order valence-electron chi connectivity index (χ3n) is 2.58. The predicted molar refractivity (Wildman–Crippen MR) is 81.6 cm³/mol.